The van der Waals surface area contributed by atoms with Crippen molar-refractivity contribution in [3.05, 3.63) is 58.0 Å². The molecule has 4 nitrogen and oxygen atoms in total. The molecule has 1 unspecified atom stereocenters. The van der Waals surface area contributed by atoms with Gasteiger partial charge in [0.25, 0.3) is 0 Å². The van der Waals surface area contributed by atoms with E-state index < -0.39 is 0 Å². The number of halogens is 1. The summed E-state index contributed by atoms with van der Waals surface area (Å²) in [5.74, 6) is -0.158. The van der Waals surface area contributed by atoms with Gasteiger partial charge in [-0.25, -0.2) is 4.39 Å². The zero-order valence-electron chi connectivity index (χ0n) is 15.1. The topological polar surface area (TPSA) is 49.4 Å². The van der Waals surface area contributed by atoms with Crippen molar-refractivity contribution >= 4 is 23.2 Å². The number of hydrogen-bond acceptors (Lipinski definition) is 3. The molecule has 1 aromatic heterocycles. The summed E-state index contributed by atoms with van der Waals surface area (Å²) in [4.78, 5) is 27.9. The summed E-state index contributed by atoms with van der Waals surface area (Å²) in [6, 6.07) is 10.4. The Bertz CT molecular complexity index is 828. The standard InChI is InChI=1S/C21H23FN2O2S/c22-18-6-2-1-4-15(18)12-19(25)24-9-7-21(8-10-24)13-17(21)20(26)23-14-16-5-3-11-27-16/h1-6,11,17H,7-10,12-14H2,(H,23,26). The summed E-state index contributed by atoms with van der Waals surface area (Å²) in [5, 5.41) is 5.05. The maximum atomic E-state index is 13.8. The molecule has 2 aromatic rings. The van der Waals surface area contributed by atoms with E-state index in [0.717, 1.165) is 24.1 Å². The van der Waals surface area contributed by atoms with Crippen molar-refractivity contribution in [2.45, 2.75) is 32.2 Å². The number of carbonyl (C=O) groups is 2. The number of hydrogen-bond donors (Lipinski definition) is 1. The lowest BCUT2D eigenvalue weighted by atomic mass is 9.90. The molecular formula is C21H23FN2O2S. The molecule has 27 heavy (non-hydrogen) atoms. The third-order valence-electron chi connectivity index (χ3n) is 5.93. The number of piperidine rings is 1. The van der Waals surface area contributed by atoms with Crippen LogP contribution in [0.15, 0.2) is 41.8 Å². The molecule has 0 radical (unpaired) electrons. The number of rotatable bonds is 5. The molecule has 6 heteroatoms. The van der Waals surface area contributed by atoms with E-state index in [1.807, 2.05) is 22.4 Å². The van der Waals surface area contributed by atoms with Crippen molar-refractivity contribution in [1.29, 1.82) is 0 Å². The molecule has 0 bridgehead atoms. The molecule has 1 aliphatic carbocycles. The molecule has 1 spiro atoms. The van der Waals surface area contributed by atoms with Crippen LogP contribution in [0.3, 0.4) is 0 Å². The van der Waals surface area contributed by atoms with Crippen molar-refractivity contribution in [2.24, 2.45) is 11.3 Å². The molecule has 2 heterocycles. The average molecular weight is 386 g/mol. The van der Waals surface area contributed by atoms with E-state index in [4.69, 9.17) is 0 Å². The lowest BCUT2D eigenvalue weighted by Gasteiger charge is -2.33. The average Bonchev–Trinajstić information content (AvgIpc) is 3.12. The molecule has 4 rings (SSSR count). The predicted octanol–water partition coefficient (Wildman–Crippen LogP) is 3.37. The lowest BCUT2D eigenvalue weighted by Crippen LogP contribution is -2.41. The zero-order chi connectivity index (χ0) is 18.9. The Morgan fingerprint density at radius 2 is 1.96 bits per heavy atom. The molecule has 1 saturated heterocycles. The fraction of sp³-hybridized carbons (Fsp3) is 0.429. The van der Waals surface area contributed by atoms with E-state index in [-0.39, 0.29) is 35.4 Å². The first-order valence-corrected chi connectivity index (χ1v) is 10.3. The summed E-state index contributed by atoms with van der Waals surface area (Å²) < 4.78 is 13.8. The Balaban J connectivity index is 1.26. The molecule has 1 saturated carbocycles. The van der Waals surface area contributed by atoms with Crippen LogP contribution in [0.5, 0.6) is 0 Å². The third kappa shape index (κ3) is 3.90. The van der Waals surface area contributed by atoms with E-state index in [9.17, 15) is 14.0 Å². The summed E-state index contributed by atoms with van der Waals surface area (Å²) in [5.41, 5.74) is 0.508. The second-order valence-corrected chi connectivity index (χ2v) is 8.60. The van der Waals surface area contributed by atoms with E-state index in [1.165, 1.54) is 6.07 Å². The van der Waals surface area contributed by atoms with E-state index in [0.29, 0.717) is 25.2 Å². The first kappa shape index (κ1) is 18.2. The summed E-state index contributed by atoms with van der Waals surface area (Å²) in [7, 11) is 0. The van der Waals surface area contributed by atoms with Crippen molar-refractivity contribution in [1.82, 2.24) is 10.2 Å². The van der Waals surface area contributed by atoms with Gasteiger partial charge in [0, 0.05) is 23.9 Å². The lowest BCUT2D eigenvalue weighted by molar-refractivity contribution is -0.132. The van der Waals surface area contributed by atoms with Crippen LogP contribution in [0.1, 0.15) is 29.7 Å². The molecule has 1 N–H and O–H groups in total. The van der Waals surface area contributed by atoms with Crippen LogP contribution in [0.4, 0.5) is 4.39 Å². The van der Waals surface area contributed by atoms with Crippen LogP contribution in [0, 0.1) is 17.2 Å². The van der Waals surface area contributed by atoms with Crippen LogP contribution in [-0.2, 0) is 22.6 Å². The highest BCUT2D eigenvalue weighted by atomic mass is 32.1. The molecule has 1 aliphatic heterocycles. The Morgan fingerprint density at radius 1 is 1.19 bits per heavy atom. The monoisotopic (exact) mass is 386 g/mol. The predicted molar refractivity (Wildman–Crippen MR) is 103 cm³/mol. The Kier molecular flexibility index (Phi) is 5.00. The summed E-state index contributed by atoms with van der Waals surface area (Å²) in [6.07, 6.45) is 2.73. The smallest absolute Gasteiger partial charge is 0.227 e. The number of nitrogens with one attached hydrogen (secondary N) is 1. The Morgan fingerprint density at radius 3 is 2.67 bits per heavy atom. The van der Waals surface area contributed by atoms with E-state index in [1.54, 1.807) is 29.5 Å². The van der Waals surface area contributed by atoms with Crippen molar-refractivity contribution < 1.29 is 14.0 Å². The normalized spacial score (nSPS) is 20.5. The van der Waals surface area contributed by atoms with Crippen LogP contribution in [0.2, 0.25) is 0 Å². The fourth-order valence-electron chi connectivity index (χ4n) is 4.10. The van der Waals surface area contributed by atoms with Gasteiger partial charge in [-0.15, -0.1) is 11.3 Å². The minimum absolute atomic E-state index is 0.0331. The molecule has 2 amide bonds. The maximum Gasteiger partial charge on any atom is 0.227 e. The van der Waals surface area contributed by atoms with Gasteiger partial charge in [0.1, 0.15) is 5.82 Å². The van der Waals surface area contributed by atoms with Gasteiger partial charge < -0.3 is 10.2 Å². The molecule has 1 atom stereocenters. The van der Waals surface area contributed by atoms with Gasteiger partial charge in [-0.3, -0.25) is 9.59 Å². The highest BCUT2D eigenvalue weighted by molar-refractivity contribution is 7.09. The first-order chi connectivity index (χ1) is 13.1. The Labute approximate surface area is 162 Å². The highest BCUT2D eigenvalue weighted by Gasteiger charge is 2.58. The minimum atomic E-state index is -0.330. The molecule has 1 aromatic carbocycles. The summed E-state index contributed by atoms with van der Waals surface area (Å²) >= 11 is 1.64. The van der Waals surface area contributed by atoms with Gasteiger partial charge in [-0.2, -0.15) is 0 Å². The zero-order valence-corrected chi connectivity index (χ0v) is 15.9. The largest absolute Gasteiger partial charge is 0.351 e. The quantitative estimate of drug-likeness (QED) is 0.857. The second-order valence-electron chi connectivity index (χ2n) is 7.57. The van der Waals surface area contributed by atoms with Crippen LogP contribution < -0.4 is 5.32 Å². The van der Waals surface area contributed by atoms with Gasteiger partial charge >= 0.3 is 0 Å². The van der Waals surface area contributed by atoms with Gasteiger partial charge in [-0.05, 0) is 47.8 Å². The molecular weight excluding hydrogens is 363 g/mol. The Hall–Kier alpha value is -2.21. The number of carbonyl (C=O) groups excluding carboxylic acids is 2. The van der Waals surface area contributed by atoms with Gasteiger partial charge in [0.05, 0.1) is 13.0 Å². The number of amides is 2. The van der Waals surface area contributed by atoms with Crippen molar-refractivity contribution in [2.75, 3.05) is 13.1 Å². The van der Waals surface area contributed by atoms with Crippen molar-refractivity contribution in [3.8, 4) is 0 Å². The first-order valence-electron chi connectivity index (χ1n) is 9.39. The molecule has 2 aliphatic rings. The van der Waals surface area contributed by atoms with E-state index >= 15 is 0 Å². The number of thiophene rings is 1. The second kappa shape index (κ2) is 7.43. The van der Waals surface area contributed by atoms with Crippen LogP contribution in [-0.4, -0.2) is 29.8 Å². The molecule has 142 valence electrons. The summed E-state index contributed by atoms with van der Waals surface area (Å²) in [6.45, 7) is 1.90. The fourth-order valence-corrected chi connectivity index (χ4v) is 4.74. The third-order valence-corrected chi connectivity index (χ3v) is 6.81. The number of benzene rings is 1. The number of nitrogens with zero attached hydrogens (tertiary/aromatic N) is 1. The van der Waals surface area contributed by atoms with Crippen LogP contribution >= 0.6 is 11.3 Å². The van der Waals surface area contributed by atoms with Crippen molar-refractivity contribution in [3.63, 3.8) is 0 Å². The minimum Gasteiger partial charge on any atom is -0.351 e. The van der Waals surface area contributed by atoms with Gasteiger partial charge in [0.2, 0.25) is 11.8 Å². The molecule has 2 fully saturated rings. The van der Waals surface area contributed by atoms with Gasteiger partial charge in [-0.1, -0.05) is 24.3 Å². The maximum absolute atomic E-state index is 13.8. The van der Waals surface area contributed by atoms with Crippen LogP contribution in [0.25, 0.3) is 0 Å². The van der Waals surface area contributed by atoms with E-state index in [2.05, 4.69) is 5.32 Å². The SMILES string of the molecule is O=C(NCc1cccs1)C1CC12CCN(C(=O)Cc1ccccc1F)CC2. The number of likely N-dealkylation sites (tertiary alicyclic amines) is 1. The highest BCUT2D eigenvalue weighted by Crippen LogP contribution is 2.59. The van der Waals surface area contributed by atoms with Gasteiger partial charge in [0.15, 0.2) is 0 Å².